The summed E-state index contributed by atoms with van der Waals surface area (Å²) < 4.78 is 0. The van der Waals surface area contributed by atoms with E-state index in [1.807, 2.05) is 18.2 Å². The van der Waals surface area contributed by atoms with Crippen LogP contribution >= 0.6 is 11.6 Å². The normalized spacial score (nSPS) is 20.2. The Morgan fingerprint density at radius 1 is 1.11 bits per heavy atom. The van der Waals surface area contributed by atoms with Crippen LogP contribution in [0.2, 0.25) is 5.02 Å². The molecular weight excluding hydrogens is 360 g/mol. The van der Waals surface area contributed by atoms with E-state index in [0.29, 0.717) is 11.6 Å². The van der Waals surface area contributed by atoms with Gasteiger partial charge in [0.05, 0.1) is 12.2 Å². The van der Waals surface area contributed by atoms with Gasteiger partial charge in [0.1, 0.15) is 0 Å². The van der Waals surface area contributed by atoms with Crippen LogP contribution in [0.3, 0.4) is 0 Å². The van der Waals surface area contributed by atoms with E-state index < -0.39 is 0 Å². The summed E-state index contributed by atoms with van der Waals surface area (Å²) in [5.74, 6) is 0.410. The van der Waals surface area contributed by atoms with Gasteiger partial charge in [0.25, 0.3) is 0 Å². The van der Waals surface area contributed by atoms with Crippen molar-refractivity contribution in [3.05, 3.63) is 63.7 Å². The Balaban J connectivity index is 1.73. The van der Waals surface area contributed by atoms with Crippen molar-refractivity contribution in [3.63, 3.8) is 0 Å². The second-order valence-corrected chi connectivity index (χ2v) is 7.60. The van der Waals surface area contributed by atoms with Gasteiger partial charge in [-0.25, -0.2) is 0 Å². The minimum absolute atomic E-state index is 0.0140. The summed E-state index contributed by atoms with van der Waals surface area (Å²) in [6, 6.07) is 11.9. The predicted molar refractivity (Wildman–Crippen MR) is 109 cm³/mol. The first-order valence-corrected chi connectivity index (χ1v) is 9.46. The molecule has 0 radical (unpaired) electrons. The lowest BCUT2D eigenvalue weighted by atomic mass is 9.97. The van der Waals surface area contributed by atoms with Crippen LogP contribution in [-0.4, -0.2) is 18.9 Å². The maximum Gasteiger partial charge on any atom is 0.224 e. The summed E-state index contributed by atoms with van der Waals surface area (Å²) in [5, 5.41) is 3.38. The molecule has 27 heavy (non-hydrogen) atoms. The van der Waals surface area contributed by atoms with Crippen molar-refractivity contribution >= 4 is 41.3 Å². The fourth-order valence-corrected chi connectivity index (χ4v) is 4.00. The van der Waals surface area contributed by atoms with Gasteiger partial charge in [0.2, 0.25) is 11.8 Å². The Morgan fingerprint density at radius 2 is 1.89 bits per heavy atom. The maximum absolute atomic E-state index is 12.3. The van der Waals surface area contributed by atoms with Crippen molar-refractivity contribution in [2.45, 2.75) is 25.8 Å². The first kappa shape index (κ1) is 17.8. The molecule has 1 aliphatic carbocycles. The molecule has 1 fully saturated rings. The molecular formula is C22H21ClN2O2. The Hall–Kier alpha value is -2.59. The predicted octanol–water partition coefficient (Wildman–Crippen LogP) is 4.23. The van der Waals surface area contributed by atoms with Gasteiger partial charge in [-0.05, 0) is 52.8 Å². The van der Waals surface area contributed by atoms with Crippen LogP contribution in [0.4, 0.5) is 5.69 Å². The van der Waals surface area contributed by atoms with Gasteiger partial charge in [-0.2, -0.15) is 0 Å². The fraction of sp³-hybridized carbons (Fsp3) is 0.273. The van der Waals surface area contributed by atoms with Crippen molar-refractivity contribution < 1.29 is 9.59 Å². The van der Waals surface area contributed by atoms with Crippen molar-refractivity contribution in [2.75, 3.05) is 11.9 Å². The third kappa shape index (κ3) is 3.37. The van der Waals surface area contributed by atoms with E-state index in [1.54, 1.807) is 24.9 Å². The Bertz CT molecular complexity index is 967. The molecule has 0 unspecified atom stereocenters. The van der Waals surface area contributed by atoms with E-state index in [2.05, 4.69) is 29.6 Å². The topological polar surface area (TPSA) is 49.4 Å². The number of hydrogen-bond acceptors (Lipinski definition) is 2. The number of fused-ring (bicyclic) bond motifs is 2. The number of nitrogens with one attached hydrogen (secondary N) is 1. The van der Waals surface area contributed by atoms with Crippen LogP contribution in [0.25, 0.3) is 12.2 Å². The fourth-order valence-electron chi connectivity index (χ4n) is 3.82. The van der Waals surface area contributed by atoms with Gasteiger partial charge in [0, 0.05) is 24.9 Å². The van der Waals surface area contributed by atoms with Crippen molar-refractivity contribution in [2.24, 2.45) is 5.92 Å². The molecule has 1 saturated carbocycles. The summed E-state index contributed by atoms with van der Waals surface area (Å²) in [4.78, 5) is 26.0. The molecule has 2 aromatic carbocycles. The number of hydrogen-bond donors (Lipinski definition) is 1. The number of carbonyl (C=O) groups is 2. The van der Waals surface area contributed by atoms with Crippen LogP contribution < -0.4 is 10.2 Å². The zero-order chi connectivity index (χ0) is 19.1. The lowest BCUT2D eigenvalue weighted by molar-refractivity contribution is -0.122. The molecule has 0 spiro atoms. The molecule has 2 aromatic rings. The number of benzene rings is 2. The number of carbonyl (C=O) groups excluding carboxylic acids is 2. The Labute approximate surface area is 163 Å². The highest BCUT2D eigenvalue weighted by Gasteiger charge is 2.43. The van der Waals surface area contributed by atoms with E-state index in [-0.39, 0.29) is 23.7 Å². The van der Waals surface area contributed by atoms with Crippen molar-refractivity contribution in [3.8, 4) is 0 Å². The molecule has 0 saturated heterocycles. The summed E-state index contributed by atoms with van der Waals surface area (Å²) in [7, 11) is 1.68. The maximum atomic E-state index is 12.3. The number of anilines is 1. The van der Waals surface area contributed by atoms with E-state index in [9.17, 15) is 9.59 Å². The van der Waals surface area contributed by atoms with Gasteiger partial charge in [-0.1, -0.05) is 42.0 Å². The lowest BCUT2D eigenvalue weighted by Crippen LogP contribution is -2.29. The summed E-state index contributed by atoms with van der Waals surface area (Å²) in [6.45, 7) is 2.07. The average Bonchev–Trinajstić information content (AvgIpc) is 3.43. The monoisotopic (exact) mass is 380 g/mol. The minimum atomic E-state index is -0.0140. The Kier molecular flexibility index (Phi) is 4.52. The average molecular weight is 381 g/mol. The highest BCUT2D eigenvalue weighted by atomic mass is 35.5. The van der Waals surface area contributed by atoms with Gasteiger partial charge in [-0.3, -0.25) is 9.59 Å². The molecule has 2 atom stereocenters. The van der Waals surface area contributed by atoms with Crippen LogP contribution in [0.1, 0.15) is 41.5 Å². The highest BCUT2D eigenvalue weighted by molar-refractivity contribution is 6.30. The van der Waals surface area contributed by atoms with Crippen LogP contribution in [0.15, 0.2) is 36.4 Å². The first-order valence-electron chi connectivity index (χ1n) is 9.08. The standard InChI is InChI=1S/C22H21ClN2O2/c1-13(26)25-12-17-9-15(19-11-20(19)22(27)24-2)5-3-14(17)4-6-16-10-18(23)7-8-21(16)25/h3-10,19-20H,11-12H2,1-2H3,(H,24,27)/t19-,20-/m0/s1. The van der Waals surface area contributed by atoms with Crippen molar-refractivity contribution in [1.29, 1.82) is 0 Å². The molecule has 5 heteroatoms. The Morgan fingerprint density at radius 3 is 2.63 bits per heavy atom. The summed E-state index contributed by atoms with van der Waals surface area (Å²) in [5.41, 5.74) is 5.11. The van der Waals surface area contributed by atoms with Crippen LogP contribution in [0.5, 0.6) is 0 Å². The summed E-state index contributed by atoms with van der Waals surface area (Å²) >= 11 is 6.14. The quantitative estimate of drug-likeness (QED) is 0.847. The van der Waals surface area contributed by atoms with Crippen LogP contribution in [0, 0.1) is 5.92 Å². The van der Waals surface area contributed by atoms with Crippen molar-refractivity contribution in [1.82, 2.24) is 5.32 Å². The number of amides is 2. The van der Waals surface area contributed by atoms with E-state index in [1.165, 1.54) is 0 Å². The second kappa shape index (κ2) is 6.86. The third-order valence-corrected chi connectivity index (χ3v) is 5.64. The molecule has 2 amide bonds. The zero-order valence-electron chi connectivity index (χ0n) is 15.3. The molecule has 1 heterocycles. The van der Waals surface area contributed by atoms with E-state index in [4.69, 9.17) is 11.6 Å². The van der Waals surface area contributed by atoms with Gasteiger partial charge in [-0.15, -0.1) is 0 Å². The molecule has 138 valence electrons. The number of halogens is 1. The van der Waals surface area contributed by atoms with Crippen LogP contribution in [-0.2, 0) is 16.1 Å². The SMILES string of the molecule is CNC(=O)[C@H]1C[C@H]1c1ccc2c(c1)CN(C(C)=O)c1ccc(Cl)cc1C=C2. The molecule has 4 nitrogen and oxygen atoms in total. The number of rotatable bonds is 2. The second-order valence-electron chi connectivity index (χ2n) is 7.16. The lowest BCUT2D eigenvalue weighted by Gasteiger charge is -2.26. The minimum Gasteiger partial charge on any atom is -0.359 e. The smallest absolute Gasteiger partial charge is 0.224 e. The molecule has 1 N–H and O–H groups in total. The van der Waals surface area contributed by atoms with E-state index >= 15 is 0 Å². The number of nitrogens with zero attached hydrogens (tertiary/aromatic N) is 1. The zero-order valence-corrected chi connectivity index (χ0v) is 16.1. The molecule has 1 aliphatic heterocycles. The molecule has 0 bridgehead atoms. The molecule has 2 aliphatic rings. The largest absolute Gasteiger partial charge is 0.359 e. The van der Waals surface area contributed by atoms with Gasteiger partial charge < -0.3 is 10.2 Å². The summed E-state index contributed by atoms with van der Waals surface area (Å²) in [6.07, 6.45) is 4.94. The van der Waals surface area contributed by atoms with Gasteiger partial charge >= 0.3 is 0 Å². The van der Waals surface area contributed by atoms with Gasteiger partial charge in [0.15, 0.2) is 0 Å². The highest BCUT2D eigenvalue weighted by Crippen LogP contribution is 2.48. The molecule has 0 aromatic heterocycles. The third-order valence-electron chi connectivity index (χ3n) is 5.40. The molecule has 4 rings (SSSR count). The van der Waals surface area contributed by atoms with E-state index in [0.717, 1.165) is 34.4 Å². The first-order chi connectivity index (χ1) is 13.0.